The molecule has 0 spiro atoms. The van der Waals surface area contributed by atoms with Gasteiger partial charge in [0.1, 0.15) is 0 Å². The number of nitrogens with zero attached hydrogens (tertiary/aromatic N) is 1. The molecule has 2 rings (SSSR count). The van der Waals surface area contributed by atoms with Gasteiger partial charge in [0.2, 0.25) is 0 Å². The number of aliphatic hydroxyl groups is 1. The van der Waals surface area contributed by atoms with E-state index in [1.165, 1.54) is 0 Å². The molecule has 0 bridgehead atoms. The zero-order valence-corrected chi connectivity index (χ0v) is 12.9. The smallest absolute Gasteiger partial charge is 0.333 e. The van der Waals surface area contributed by atoms with Crippen LogP contribution in [-0.2, 0) is 16.0 Å². The van der Waals surface area contributed by atoms with Gasteiger partial charge in [0.15, 0.2) is 6.10 Å². The van der Waals surface area contributed by atoms with Gasteiger partial charge in [0.25, 0.3) is 0 Å². The quantitative estimate of drug-likeness (QED) is 0.625. The summed E-state index contributed by atoms with van der Waals surface area (Å²) in [5, 5.41) is 24.1. The maximum absolute atomic E-state index is 9.72. The average Bonchev–Trinajstić information content (AvgIpc) is 2.56. The zero-order valence-electron chi connectivity index (χ0n) is 12.9. The Morgan fingerprint density at radius 2 is 1.67 bits per heavy atom. The highest BCUT2D eigenvalue weighted by molar-refractivity contribution is 5.79. The van der Waals surface area contributed by atoms with Crippen molar-refractivity contribution < 1.29 is 24.9 Å². The van der Waals surface area contributed by atoms with Crippen LogP contribution in [0.15, 0.2) is 54.7 Å². The van der Waals surface area contributed by atoms with Gasteiger partial charge in [0, 0.05) is 24.4 Å². The molecule has 0 aliphatic carbocycles. The first-order chi connectivity index (χ1) is 11.4. The molecule has 2 atom stereocenters. The summed E-state index contributed by atoms with van der Waals surface area (Å²) >= 11 is 0. The van der Waals surface area contributed by atoms with E-state index in [0.29, 0.717) is 0 Å². The topological polar surface area (TPSA) is 134 Å². The number of aliphatic carboxylic acids is 2. The molecular weight excluding hydrogens is 312 g/mol. The van der Waals surface area contributed by atoms with Gasteiger partial charge in [-0.3, -0.25) is 9.78 Å². The summed E-state index contributed by atoms with van der Waals surface area (Å²) < 4.78 is 0. The van der Waals surface area contributed by atoms with Crippen LogP contribution in [0, 0.1) is 0 Å². The van der Waals surface area contributed by atoms with Crippen LogP contribution in [0.5, 0.6) is 0 Å². The standard InChI is InChI=1S/C13H14N2.C4H6O5/c14-13(11-6-2-1-3-7-11)10-12-8-4-5-9-15-12;5-2(4(8)9)1-3(6)7/h1-9,13H,10,14H2;2,5H,1H2,(H,6,7)(H,8,9). The second-order valence-electron chi connectivity index (χ2n) is 4.99. The van der Waals surface area contributed by atoms with E-state index in [4.69, 9.17) is 21.1 Å². The van der Waals surface area contributed by atoms with Crippen LogP contribution in [0.1, 0.15) is 23.7 Å². The lowest BCUT2D eigenvalue weighted by molar-refractivity contribution is -0.152. The molecule has 2 unspecified atom stereocenters. The Morgan fingerprint density at radius 3 is 2.12 bits per heavy atom. The summed E-state index contributed by atoms with van der Waals surface area (Å²) in [5.41, 5.74) is 8.28. The molecule has 0 saturated carbocycles. The van der Waals surface area contributed by atoms with Crippen LogP contribution in [0.2, 0.25) is 0 Å². The molecule has 7 heteroatoms. The minimum Gasteiger partial charge on any atom is -0.481 e. The fraction of sp³-hybridized carbons (Fsp3) is 0.235. The molecule has 24 heavy (non-hydrogen) atoms. The predicted octanol–water partition coefficient (Wildman–Crippen LogP) is 1.23. The highest BCUT2D eigenvalue weighted by atomic mass is 16.4. The van der Waals surface area contributed by atoms with E-state index in [1.54, 1.807) is 6.20 Å². The van der Waals surface area contributed by atoms with Gasteiger partial charge in [-0.25, -0.2) is 4.79 Å². The van der Waals surface area contributed by atoms with Gasteiger partial charge in [-0.1, -0.05) is 36.4 Å². The van der Waals surface area contributed by atoms with Gasteiger partial charge in [0.05, 0.1) is 6.42 Å². The third kappa shape index (κ3) is 7.48. The fourth-order valence-corrected chi connectivity index (χ4v) is 1.81. The van der Waals surface area contributed by atoms with Crippen molar-refractivity contribution in [3.8, 4) is 0 Å². The molecule has 2 aromatic rings. The molecule has 1 heterocycles. The minimum absolute atomic E-state index is 0.0288. The van der Waals surface area contributed by atoms with Crippen molar-refractivity contribution in [3.05, 3.63) is 66.0 Å². The van der Waals surface area contributed by atoms with Crippen molar-refractivity contribution in [1.82, 2.24) is 4.98 Å². The summed E-state index contributed by atoms with van der Waals surface area (Å²) in [5.74, 6) is -2.85. The first-order valence-electron chi connectivity index (χ1n) is 7.23. The van der Waals surface area contributed by atoms with Gasteiger partial charge in [-0.15, -0.1) is 0 Å². The number of carboxylic acid groups (broad SMARTS) is 2. The molecule has 0 amide bonds. The number of aliphatic hydroxyl groups excluding tert-OH is 1. The Hall–Kier alpha value is -2.77. The van der Waals surface area contributed by atoms with Crippen LogP contribution in [0.3, 0.4) is 0 Å². The summed E-state index contributed by atoms with van der Waals surface area (Å²) in [4.78, 5) is 23.7. The Bertz CT molecular complexity index is 634. The van der Waals surface area contributed by atoms with Crippen LogP contribution >= 0.6 is 0 Å². The molecule has 0 aliphatic heterocycles. The summed E-state index contributed by atoms with van der Waals surface area (Å²) in [6.07, 6.45) is 0.0373. The van der Waals surface area contributed by atoms with Crippen molar-refractivity contribution in [2.24, 2.45) is 5.73 Å². The Balaban J connectivity index is 0.000000277. The van der Waals surface area contributed by atoms with Crippen molar-refractivity contribution in [2.75, 3.05) is 0 Å². The first-order valence-corrected chi connectivity index (χ1v) is 7.23. The molecular formula is C17H20N2O5. The molecule has 0 aliphatic rings. The van der Waals surface area contributed by atoms with Gasteiger partial charge in [-0.05, 0) is 17.7 Å². The third-order valence-corrected chi connectivity index (χ3v) is 3.04. The van der Waals surface area contributed by atoms with Gasteiger partial charge < -0.3 is 21.1 Å². The van der Waals surface area contributed by atoms with E-state index < -0.39 is 24.5 Å². The average molecular weight is 332 g/mol. The van der Waals surface area contributed by atoms with E-state index in [-0.39, 0.29) is 6.04 Å². The monoisotopic (exact) mass is 332 g/mol. The van der Waals surface area contributed by atoms with E-state index in [2.05, 4.69) is 4.98 Å². The maximum Gasteiger partial charge on any atom is 0.333 e. The highest BCUT2D eigenvalue weighted by Gasteiger charge is 2.16. The number of carboxylic acids is 2. The molecule has 1 aromatic heterocycles. The lowest BCUT2D eigenvalue weighted by Crippen LogP contribution is -2.22. The third-order valence-electron chi connectivity index (χ3n) is 3.04. The Labute approximate surface area is 139 Å². The van der Waals surface area contributed by atoms with Crippen LogP contribution in [0.25, 0.3) is 0 Å². The summed E-state index contributed by atoms with van der Waals surface area (Å²) in [7, 11) is 0. The number of hydrogen-bond donors (Lipinski definition) is 4. The first kappa shape index (κ1) is 19.3. The molecule has 0 saturated heterocycles. The summed E-state index contributed by atoms with van der Waals surface area (Å²) in [6.45, 7) is 0. The van der Waals surface area contributed by atoms with E-state index in [9.17, 15) is 9.59 Å². The van der Waals surface area contributed by atoms with Crippen molar-refractivity contribution in [3.63, 3.8) is 0 Å². The normalized spacial score (nSPS) is 12.4. The number of rotatable bonds is 6. The molecule has 1 aromatic carbocycles. The molecule has 0 fully saturated rings. The minimum atomic E-state index is -1.79. The van der Waals surface area contributed by atoms with Crippen molar-refractivity contribution in [2.45, 2.75) is 25.0 Å². The second kappa shape index (κ2) is 10.1. The largest absolute Gasteiger partial charge is 0.481 e. The van der Waals surface area contributed by atoms with Crippen LogP contribution in [-0.4, -0.2) is 38.3 Å². The number of aromatic nitrogens is 1. The maximum atomic E-state index is 9.72. The number of nitrogens with two attached hydrogens (primary N) is 1. The SMILES string of the molecule is NC(Cc1ccccn1)c1ccccc1.O=C(O)CC(O)C(=O)O. The molecule has 7 nitrogen and oxygen atoms in total. The van der Waals surface area contributed by atoms with Crippen LogP contribution < -0.4 is 5.73 Å². The van der Waals surface area contributed by atoms with Crippen LogP contribution in [0.4, 0.5) is 0 Å². The predicted molar refractivity (Wildman–Crippen MR) is 87.2 cm³/mol. The lowest BCUT2D eigenvalue weighted by atomic mass is 10.0. The molecule has 5 N–H and O–H groups in total. The van der Waals surface area contributed by atoms with Crippen molar-refractivity contribution in [1.29, 1.82) is 0 Å². The highest BCUT2D eigenvalue weighted by Crippen LogP contribution is 2.13. The Morgan fingerprint density at radius 1 is 1.04 bits per heavy atom. The van der Waals surface area contributed by atoms with E-state index in [1.807, 2.05) is 48.5 Å². The van der Waals surface area contributed by atoms with Gasteiger partial charge in [-0.2, -0.15) is 0 Å². The number of hydrogen-bond acceptors (Lipinski definition) is 5. The van der Waals surface area contributed by atoms with Crippen molar-refractivity contribution >= 4 is 11.9 Å². The lowest BCUT2D eigenvalue weighted by Gasteiger charge is -2.10. The number of pyridine rings is 1. The zero-order chi connectivity index (χ0) is 17.9. The molecule has 0 radical (unpaired) electrons. The number of benzene rings is 1. The Kier molecular flexibility index (Phi) is 8.10. The van der Waals surface area contributed by atoms with Gasteiger partial charge >= 0.3 is 11.9 Å². The summed E-state index contributed by atoms with van der Waals surface area (Å²) in [6, 6.07) is 16.0. The van der Waals surface area contributed by atoms with E-state index >= 15 is 0 Å². The number of carbonyl (C=O) groups is 2. The molecule has 128 valence electrons. The second-order valence-corrected chi connectivity index (χ2v) is 4.99. The van der Waals surface area contributed by atoms with E-state index in [0.717, 1.165) is 17.7 Å². The fourth-order valence-electron chi connectivity index (χ4n) is 1.81.